The van der Waals surface area contributed by atoms with Gasteiger partial charge in [0.15, 0.2) is 0 Å². The molecule has 3 saturated heterocycles. The van der Waals surface area contributed by atoms with Crippen molar-refractivity contribution in [3.8, 4) is 0 Å². The second kappa shape index (κ2) is 6.79. The first-order chi connectivity index (χ1) is 13.0. The number of carbonyl (C=O) groups excluding carboxylic acids is 2. The van der Waals surface area contributed by atoms with Crippen LogP contribution in [0.25, 0.3) is 5.57 Å². The third-order valence-corrected chi connectivity index (χ3v) is 5.54. The van der Waals surface area contributed by atoms with Gasteiger partial charge in [0.05, 0.1) is 23.2 Å². The molecular formula is C20H25N5O2. The fourth-order valence-corrected chi connectivity index (χ4v) is 4.24. The molecule has 2 atom stereocenters. The van der Waals surface area contributed by atoms with E-state index in [-0.39, 0.29) is 29.9 Å². The van der Waals surface area contributed by atoms with Crippen molar-refractivity contribution >= 4 is 23.2 Å². The zero-order valence-electron chi connectivity index (χ0n) is 15.8. The largest absolute Gasteiger partial charge is 0.350 e. The van der Waals surface area contributed by atoms with Gasteiger partial charge in [0.25, 0.3) is 5.91 Å². The van der Waals surface area contributed by atoms with E-state index in [0.29, 0.717) is 24.2 Å². The monoisotopic (exact) mass is 367 g/mol. The molecule has 0 radical (unpaired) electrons. The lowest BCUT2D eigenvalue weighted by atomic mass is 9.90. The Hall–Kier alpha value is -2.70. The molecule has 1 aromatic heterocycles. The lowest BCUT2D eigenvalue weighted by Crippen LogP contribution is -2.64. The molecule has 0 aromatic carbocycles. The fraction of sp³-hybridized carbons (Fsp3) is 0.500. The molecule has 4 aliphatic rings. The Labute approximate surface area is 159 Å². The molecule has 0 spiro atoms. The lowest BCUT2D eigenvalue weighted by molar-refractivity contribution is -0.131. The number of fused-ring (bicyclic) bond motifs is 4. The lowest BCUT2D eigenvalue weighted by Gasteiger charge is -2.51. The normalized spacial score (nSPS) is 23.3. The summed E-state index contributed by atoms with van der Waals surface area (Å²) in [7, 11) is 0. The standard InChI is InChI=1S/C20H25N5O2/c1-4-18(26)25-11-13-5-6-14(25)10-24(13)17-9-21-16-8-7-15(19(16)23-17)20(27)22-12(2)3/h4,7,9,12-14H,1,5-6,8,10-11H2,2-3H3,(H,22,27)/t13-,14-/m1/s1. The molecule has 2 amide bonds. The quantitative estimate of drug-likeness (QED) is 0.812. The van der Waals surface area contributed by atoms with Crippen molar-refractivity contribution in [2.75, 3.05) is 18.0 Å². The van der Waals surface area contributed by atoms with Crippen molar-refractivity contribution in [3.05, 3.63) is 36.3 Å². The number of rotatable bonds is 4. The maximum Gasteiger partial charge on any atom is 0.253 e. The van der Waals surface area contributed by atoms with Crippen LogP contribution in [0.1, 0.15) is 38.1 Å². The number of aromatic nitrogens is 2. The van der Waals surface area contributed by atoms with Crippen LogP contribution in [0.5, 0.6) is 0 Å². The molecule has 1 N–H and O–H groups in total. The minimum absolute atomic E-state index is 0.0000337. The molecule has 142 valence electrons. The molecule has 7 heteroatoms. The summed E-state index contributed by atoms with van der Waals surface area (Å²) in [5.74, 6) is 0.692. The Balaban J connectivity index is 1.57. The predicted molar refractivity (Wildman–Crippen MR) is 103 cm³/mol. The first-order valence-electron chi connectivity index (χ1n) is 9.55. The van der Waals surface area contributed by atoms with Gasteiger partial charge in [0, 0.05) is 37.6 Å². The van der Waals surface area contributed by atoms with Crippen LogP contribution in [0.15, 0.2) is 24.9 Å². The van der Waals surface area contributed by atoms with Crippen molar-refractivity contribution in [2.24, 2.45) is 0 Å². The Morgan fingerprint density at radius 2 is 2.07 bits per heavy atom. The van der Waals surface area contributed by atoms with Gasteiger partial charge in [-0.15, -0.1) is 0 Å². The second-order valence-corrected chi connectivity index (χ2v) is 7.71. The summed E-state index contributed by atoms with van der Waals surface area (Å²) in [6.45, 7) is 8.92. The summed E-state index contributed by atoms with van der Waals surface area (Å²) in [5, 5.41) is 2.93. The van der Waals surface area contributed by atoms with Crippen LogP contribution < -0.4 is 10.2 Å². The van der Waals surface area contributed by atoms with Gasteiger partial charge in [-0.2, -0.15) is 0 Å². The zero-order valence-corrected chi connectivity index (χ0v) is 15.8. The molecule has 27 heavy (non-hydrogen) atoms. The highest BCUT2D eigenvalue weighted by Gasteiger charge is 2.41. The first-order valence-corrected chi connectivity index (χ1v) is 9.55. The number of piperazine rings is 1. The van der Waals surface area contributed by atoms with Gasteiger partial charge in [-0.25, -0.2) is 4.98 Å². The van der Waals surface area contributed by atoms with Gasteiger partial charge in [0.2, 0.25) is 5.91 Å². The van der Waals surface area contributed by atoms with E-state index in [1.54, 1.807) is 6.20 Å². The van der Waals surface area contributed by atoms with Gasteiger partial charge < -0.3 is 15.1 Å². The molecule has 1 aliphatic carbocycles. The summed E-state index contributed by atoms with van der Waals surface area (Å²) in [5.41, 5.74) is 2.14. The van der Waals surface area contributed by atoms with Crippen molar-refractivity contribution in [1.82, 2.24) is 20.2 Å². The van der Waals surface area contributed by atoms with E-state index in [0.717, 1.165) is 30.9 Å². The highest BCUT2D eigenvalue weighted by molar-refractivity contribution is 6.20. The van der Waals surface area contributed by atoms with Crippen LogP contribution >= 0.6 is 0 Å². The van der Waals surface area contributed by atoms with E-state index in [1.165, 1.54) is 6.08 Å². The first kappa shape index (κ1) is 17.7. The van der Waals surface area contributed by atoms with Gasteiger partial charge >= 0.3 is 0 Å². The minimum Gasteiger partial charge on any atom is -0.350 e. The van der Waals surface area contributed by atoms with Gasteiger partial charge in [0.1, 0.15) is 5.82 Å². The van der Waals surface area contributed by atoms with E-state index >= 15 is 0 Å². The van der Waals surface area contributed by atoms with Crippen molar-refractivity contribution in [1.29, 1.82) is 0 Å². The summed E-state index contributed by atoms with van der Waals surface area (Å²) >= 11 is 0. The molecule has 3 fully saturated rings. The minimum atomic E-state index is -0.0990. The molecule has 1 aromatic rings. The molecule has 5 rings (SSSR count). The van der Waals surface area contributed by atoms with Crippen LogP contribution in [-0.2, 0) is 16.0 Å². The average Bonchev–Trinajstić information content (AvgIpc) is 3.10. The number of allylic oxidation sites excluding steroid dienone is 1. The summed E-state index contributed by atoms with van der Waals surface area (Å²) < 4.78 is 0. The zero-order chi connectivity index (χ0) is 19.1. The van der Waals surface area contributed by atoms with Gasteiger partial charge in [-0.1, -0.05) is 12.7 Å². The highest BCUT2D eigenvalue weighted by Crippen LogP contribution is 2.33. The number of hydrogen-bond acceptors (Lipinski definition) is 5. The molecule has 2 bridgehead atoms. The number of piperidine rings is 2. The third kappa shape index (κ3) is 3.11. The molecular weight excluding hydrogens is 342 g/mol. The predicted octanol–water partition coefficient (Wildman–Crippen LogP) is 1.31. The fourth-order valence-electron chi connectivity index (χ4n) is 4.24. The molecule has 7 nitrogen and oxygen atoms in total. The molecule has 0 unspecified atom stereocenters. The Kier molecular flexibility index (Phi) is 4.45. The molecule has 4 heterocycles. The summed E-state index contributed by atoms with van der Waals surface area (Å²) in [6.07, 6.45) is 7.76. The highest BCUT2D eigenvalue weighted by atomic mass is 16.2. The van der Waals surface area contributed by atoms with Crippen LogP contribution in [0.2, 0.25) is 0 Å². The second-order valence-electron chi connectivity index (χ2n) is 7.71. The van der Waals surface area contributed by atoms with E-state index in [4.69, 9.17) is 4.98 Å². The third-order valence-electron chi connectivity index (χ3n) is 5.54. The summed E-state index contributed by atoms with van der Waals surface area (Å²) in [6, 6.07) is 0.476. The number of nitrogens with zero attached hydrogens (tertiary/aromatic N) is 4. The molecule has 0 saturated carbocycles. The van der Waals surface area contributed by atoms with Crippen molar-refractivity contribution < 1.29 is 9.59 Å². The Morgan fingerprint density at radius 1 is 1.30 bits per heavy atom. The number of hydrogen-bond donors (Lipinski definition) is 1. The maximum atomic E-state index is 12.5. The maximum absolute atomic E-state index is 12.5. The number of nitrogens with one attached hydrogen (secondary N) is 1. The van der Waals surface area contributed by atoms with Crippen molar-refractivity contribution in [3.63, 3.8) is 0 Å². The van der Waals surface area contributed by atoms with Crippen LogP contribution in [0.3, 0.4) is 0 Å². The van der Waals surface area contributed by atoms with Crippen LogP contribution in [-0.4, -0.2) is 57.9 Å². The molecule has 3 aliphatic heterocycles. The van der Waals surface area contributed by atoms with E-state index in [1.807, 2.05) is 24.8 Å². The number of anilines is 1. The Bertz CT molecular complexity index is 832. The van der Waals surface area contributed by atoms with E-state index < -0.39 is 0 Å². The SMILES string of the molecule is C=CC(=O)N1C[C@H]2CC[C@@H]1CN2c1cnc2c(n1)C(C(=O)NC(C)C)=CC2. The van der Waals surface area contributed by atoms with E-state index in [9.17, 15) is 9.59 Å². The topological polar surface area (TPSA) is 78.4 Å². The smallest absolute Gasteiger partial charge is 0.253 e. The van der Waals surface area contributed by atoms with E-state index in [2.05, 4.69) is 21.8 Å². The number of amides is 2. The van der Waals surface area contributed by atoms with Crippen LogP contribution in [0, 0.1) is 0 Å². The van der Waals surface area contributed by atoms with Crippen LogP contribution in [0.4, 0.5) is 5.82 Å². The average molecular weight is 367 g/mol. The number of carbonyl (C=O) groups is 2. The van der Waals surface area contributed by atoms with Gasteiger partial charge in [-0.05, 0) is 32.8 Å². The van der Waals surface area contributed by atoms with Gasteiger partial charge in [-0.3, -0.25) is 14.6 Å². The van der Waals surface area contributed by atoms with Crippen molar-refractivity contribution in [2.45, 2.75) is 51.2 Å². The Morgan fingerprint density at radius 3 is 2.74 bits per heavy atom. The summed E-state index contributed by atoms with van der Waals surface area (Å²) in [4.78, 5) is 38.1.